The third-order valence-electron chi connectivity index (χ3n) is 13.7. The summed E-state index contributed by atoms with van der Waals surface area (Å²) in [5, 5.41) is 16.0. The fourth-order valence-electron chi connectivity index (χ4n) is 9.03. The number of aryl methyl sites for hydroxylation is 1. The summed E-state index contributed by atoms with van der Waals surface area (Å²) in [6.45, 7) is 19.6. The summed E-state index contributed by atoms with van der Waals surface area (Å²) in [6, 6.07) is 39.9. The Labute approximate surface area is 455 Å². The van der Waals surface area contributed by atoms with Crippen LogP contribution in [-0.4, -0.2) is 115 Å². The molecule has 16 nitrogen and oxygen atoms in total. The number of rotatable bonds is 30. The second-order valence-electron chi connectivity index (χ2n) is 19.1. The minimum Gasteiger partial charge on any atom is -0.495 e. The molecule has 0 radical (unpaired) electrons. The molecule has 2 aromatic heterocycles. The maximum absolute atomic E-state index is 6.22. The molecule has 3 heterocycles. The number of para-hydroxylation sites is 4. The van der Waals surface area contributed by atoms with Crippen LogP contribution in [0.25, 0.3) is 16.7 Å². The molecule has 1 aliphatic rings. The number of anilines is 8. The van der Waals surface area contributed by atoms with Crippen LogP contribution < -0.4 is 45.6 Å². The molecule has 1 aliphatic heterocycles. The van der Waals surface area contributed by atoms with Gasteiger partial charge in [-0.1, -0.05) is 81.8 Å². The van der Waals surface area contributed by atoms with Crippen LogP contribution >= 0.6 is 0 Å². The van der Waals surface area contributed by atoms with Crippen LogP contribution in [0.3, 0.4) is 0 Å². The zero-order valence-corrected chi connectivity index (χ0v) is 45.8. The summed E-state index contributed by atoms with van der Waals surface area (Å²) in [5.41, 5.74) is 12.0. The highest BCUT2D eigenvalue weighted by Gasteiger charge is 2.21. The lowest BCUT2D eigenvalue weighted by molar-refractivity contribution is 0.208. The van der Waals surface area contributed by atoms with Gasteiger partial charge in [-0.05, 0) is 142 Å². The maximum Gasteiger partial charge on any atom is 0.229 e. The molecule has 0 fully saturated rings. The van der Waals surface area contributed by atoms with Gasteiger partial charge in [-0.15, -0.1) is 0 Å². The van der Waals surface area contributed by atoms with Gasteiger partial charge in [0.1, 0.15) is 47.8 Å². The van der Waals surface area contributed by atoms with E-state index in [4.69, 9.17) is 33.9 Å². The summed E-state index contributed by atoms with van der Waals surface area (Å²) in [4.78, 5) is 24.2. The van der Waals surface area contributed by atoms with E-state index in [2.05, 4.69) is 112 Å². The van der Waals surface area contributed by atoms with Gasteiger partial charge in [-0.3, -0.25) is 0 Å². The predicted molar refractivity (Wildman–Crippen MR) is 313 cm³/mol. The number of likely N-dealkylation sites (N-methyl/N-ethyl adjacent to an activating group) is 2. The second kappa shape index (κ2) is 28.3. The normalized spacial score (nSPS) is 12.6. The van der Waals surface area contributed by atoms with Gasteiger partial charge >= 0.3 is 0 Å². The largest absolute Gasteiger partial charge is 0.495 e. The average Bonchev–Trinajstić information content (AvgIpc) is 3.94. The minimum absolute atomic E-state index is 0.472. The number of aromatic nitrogens is 4. The van der Waals surface area contributed by atoms with Crippen LogP contribution in [0.2, 0.25) is 0 Å². The van der Waals surface area contributed by atoms with Crippen molar-refractivity contribution in [3.05, 3.63) is 151 Å². The van der Waals surface area contributed by atoms with Crippen LogP contribution in [0.15, 0.2) is 140 Å². The van der Waals surface area contributed by atoms with E-state index in [-0.39, 0.29) is 0 Å². The zero-order valence-electron chi connectivity index (χ0n) is 45.8. The summed E-state index contributed by atoms with van der Waals surface area (Å²) < 4.78 is 23.5. The molecule has 0 bridgehead atoms. The molecule has 77 heavy (non-hydrogen) atoms. The molecule has 16 heteroatoms. The lowest BCUT2D eigenvalue weighted by Gasteiger charge is -2.22. The fourth-order valence-corrected chi connectivity index (χ4v) is 9.03. The van der Waals surface area contributed by atoms with E-state index in [0.29, 0.717) is 49.2 Å². The first kappa shape index (κ1) is 55.3. The Kier molecular flexibility index (Phi) is 20.3. The van der Waals surface area contributed by atoms with Crippen molar-refractivity contribution in [2.45, 2.75) is 53.9 Å². The van der Waals surface area contributed by atoms with Crippen LogP contribution in [0.5, 0.6) is 23.0 Å². The molecule has 0 saturated carbocycles. The van der Waals surface area contributed by atoms with Crippen LogP contribution in [-0.2, 0) is 0 Å². The number of benzene rings is 5. The van der Waals surface area contributed by atoms with Crippen molar-refractivity contribution in [3.63, 3.8) is 0 Å². The minimum atomic E-state index is 0.472. The summed E-state index contributed by atoms with van der Waals surface area (Å²) in [5.74, 6) is 5.97. The first-order chi connectivity index (χ1) is 37.7. The SMILES string of the molecule is CCN(CC)CCOc1ccc(Nc2ncc(C3=CN(CCC(C)CCCN(CC)CCOc4ccc(Nc5ncc(-c6ccc(C)cc6)c(Nc6ccccc6OC)n5)cc4)NC3)c(Nc3ccccc3OC)n2)cc1. The Balaban J connectivity index is 0.790. The predicted octanol–water partition coefficient (Wildman–Crippen LogP) is 12.3. The topological polar surface area (TPSA) is 158 Å². The molecule has 404 valence electrons. The van der Waals surface area contributed by atoms with Gasteiger partial charge in [0.05, 0.1) is 25.6 Å². The number of hydrogen-bond donors (Lipinski definition) is 5. The average molecular weight is 1040 g/mol. The van der Waals surface area contributed by atoms with E-state index < -0.39 is 0 Å². The van der Waals surface area contributed by atoms with Crippen LogP contribution in [0.1, 0.15) is 58.1 Å². The van der Waals surface area contributed by atoms with Crippen molar-refractivity contribution in [1.29, 1.82) is 0 Å². The first-order valence-corrected chi connectivity index (χ1v) is 27.0. The Morgan fingerprint density at radius 2 is 1.12 bits per heavy atom. The third-order valence-corrected chi connectivity index (χ3v) is 13.7. The zero-order chi connectivity index (χ0) is 53.8. The highest BCUT2D eigenvalue weighted by Crippen LogP contribution is 2.35. The molecule has 0 aliphatic carbocycles. The van der Waals surface area contributed by atoms with Gasteiger partial charge in [0.2, 0.25) is 11.9 Å². The molecular weight excluding hydrogens is 965 g/mol. The highest BCUT2D eigenvalue weighted by atomic mass is 16.5. The Morgan fingerprint density at radius 3 is 1.66 bits per heavy atom. The number of nitrogens with zero attached hydrogens (tertiary/aromatic N) is 7. The van der Waals surface area contributed by atoms with Crippen molar-refractivity contribution < 1.29 is 18.9 Å². The molecule has 0 spiro atoms. The van der Waals surface area contributed by atoms with Crippen molar-refractivity contribution in [3.8, 4) is 34.1 Å². The molecule has 8 rings (SSSR count). The Hall–Kier alpha value is -7.92. The molecule has 0 amide bonds. The smallest absolute Gasteiger partial charge is 0.229 e. The number of nitrogens with one attached hydrogen (secondary N) is 5. The van der Waals surface area contributed by atoms with Crippen molar-refractivity contribution >= 4 is 51.9 Å². The first-order valence-electron chi connectivity index (χ1n) is 27.0. The second-order valence-corrected chi connectivity index (χ2v) is 19.1. The summed E-state index contributed by atoms with van der Waals surface area (Å²) in [6.07, 6.45) is 9.25. The van der Waals surface area contributed by atoms with Gasteiger partial charge in [0, 0.05) is 67.3 Å². The molecule has 1 unspecified atom stereocenters. The molecular formula is C61H76N12O4. The van der Waals surface area contributed by atoms with Crippen molar-refractivity contribution in [1.82, 2.24) is 40.2 Å². The lowest BCUT2D eigenvalue weighted by Crippen LogP contribution is -2.31. The van der Waals surface area contributed by atoms with Gasteiger partial charge in [-0.2, -0.15) is 9.97 Å². The molecule has 1 atom stereocenters. The number of ether oxygens (including phenoxy) is 4. The van der Waals surface area contributed by atoms with Crippen LogP contribution in [0.4, 0.5) is 46.3 Å². The molecule has 7 aromatic rings. The standard InChI is InChI=1S/C61H76N12O4/c1-8-71(9-2)36-38-76-50-29-25-49(26-30-50)66-61-63-42-53(59(70-61)68-55-18-12-14-20-57(55)75-7)47-40-64-73(43-47)35-33-44(4)16-15-34-72(10-3)37-39-77-51-31-27-48(28-32-51)65-60-62-41-52(46-23-21-45(5)22-24-46)58(69-60)67-54-17-11-13-19-56(54)74-6/h11-14,17-32,41-44,64H,8-10,15-16,33-40H2,1-7H3,(H2,62,65,67,69)(H2,63,66,68,70). The number of methoxy groups -OCH3 is 2. The Morgan fingerprint density at radius 1 is 0.597 bits per heavy atom. The van der Waals surface area contributed by atoms with Crippen LogP contribution in [0, 0.1) is 12.8 Å². The molecule has 0 saturated heterocycles. The van der Waals surface area contributed by atoms with Gasteiger partial charge < -0.3 is 55.0 Å². The van der Waals surface area contributed by atoms with Gasteiger partial charge in [0.25, 0.3) is 0 Å². The summed E-state index contributed by atoms with van der Waals surface area (Å²) >= 11 is 0. The quantitative estimate of drug-likeness (QED) is 0.0289. The summed E-state index contributed by atoms with van der Waals surface area (Å²) in [7, 11) is 3.34. The molecule has 5 N–H and O–H groups in total. The Bertz CT molecular complexity index is 2950. The van der Waals surface area contributed by atoms with Gasteiger partial charge in [0.15, 0.2) is 0 Å². The third kappa shape index (κ3) is 16.1. The fraction of sp³-hybridized carbons (Fsp3) is 0.344. The van der Waals surface area contributed by atoms with Gasteiger partial charge in [-0.25, -0.2) is 15.4 Å². The van der Waals surface area contributed by atoms with E-state index >= 15 is 0 Å². The van der Waals surface area contributed by atoms with E-state index in [0.717, 1.165) is 133 Å². The van der Waals surface area contributed by atoms with E-state index in [1.807, 2.05) is 109 Å². The number of hydrogen-bond acceptors (Lipinski definition) is 16. The maximum atomic E-state index is 6.22. The molecule has 5 aromatic carbocycles. The van der Waals surface area contributed by atoms with E-state index in [9.17, 15) is 0 Å². The van der Waals surface area contributed by atoms with E-state index in [1.165, 1.54) is 5.56 Å². The highest BCUT2D eigenvalue weighted by molar-refractivity contribution is 5.81. The monoisotopic (exact) mass is 1040 g/mol. The van der Waals surface area contributed by atoms with E-state index in [1.54, 1.807) is 14.2 Å². The lowest BCUT2D eigenvalue weighted by atomic mass is 10.0. The van der Waals surface area contributed by atoms with Crippen molar-refractivity contribution in [2.24, 2.45) is 5.92 Å². The van der Waals surface area contributed by atoms with Crippen molar-refractivity contribution in [2.75, 3.05) is 101 Å². The number of hydrazine groups is 1.